The Morgan fingerprint density at radius 1 is 1.00 bits per heavy atom. The lowest BCUT2D eigenvalue weighted by atomic mass is 10.3. The van der Waals surface area contributed by atoms with Gasteiger partial charge in [0, 0.05) is 17.6 Å². The van der Waals surface area contributed by atoms with Gasteiger partial charge < -0.3 is 9.88 Å². The number of halogens is 1. The predicted molar refractivity (Wildman–Crippen MR) is 91.9 cm³/mol. The second kappa shape index (κ2) is 7.23. The molecule has 1 aromatic heterocycles. The van der Waals surface area contributed by atoms with Gasteiger partial charge in [-0.3, -0.25) is 0 Å². The van der Waals surface area contributed by atoms with E-state index in [4.69, 9.17) is 0 Å². The van der Waals surface area contributed by atoms with Crippen molar-refractivity contribution in [3.05, 3.63) is 84.4 Å². The van der Waals surface area contributed by atoms with E-state index in [0.29, 0.717) is 5.69 Å². The van der Waals surface area contributed by atoms with E-state index >= 15 is 0 Å². The van der Waals surface area contributed by atoms with E-state index in [1.54, 1.807) is 6.21 Å². The van der Waals surface area contributed by atoms with Gasteiger partial charge in [0.05, 0.1) is 11.9 Å². The molecule has 0 unspecified atom stereocenters. The second-order valence-electron chi connectivity index (χ2n) is 4.97. The number of nitrogens with one attached hydrogen (secondary N) is 2. The van der Waals surface area contributed by atoms with Gasteiger partial charge >= 0.3 is 6.03 Å². The summed E-state index contributed by atoms with van der Waals surface area (Å²) in [6.07, 6.45) is 3.46. The van der Waals surface area contributed by atoms with E-state index in [1.165, 1.54) is 24.3 Å². The summed E-state index contributed by atoms with van der Waals surface area (Å²) in [6, 6.07) is 18.6. The number of hydrazone groups is 1. The molecule has 3 rings (SSSR count). The quantitative estimate of drug-likeness (QED) is 0.557. The molecule has 24 heavy (non-hydrogen) atoms. The molecule has 0 spiro atoms. The maximum atomic E-state index is 12.8. The normalized spacial score (nSPS) is 10.7. The molecule has 6 heteroatoms. The molecule has 5 nitrogen and oxygen atoms in total. The molecule has 0 saturated heterocycles. The fraction of sp³-hybridized carbons (Fsp3) is 0. The molecule has 0 aliphatic heterocycles. The highest BCUT2D eigenvalue weighted by molar-refractivity contribution is 5.90. The van der Waals surface area contributed by atoms with E-state index in [0.717, 1.165) is 11.4 Å². The highest BCUT2D eigenvalue weighted by Gasteiger charge is 2.02. The van der Waals surface area contributed by atoms with Gasteiger partial charge in [0.15, 0.2) is 0 Å². The van der Waals surface area contributed by atoms with Crippen molar-refractivity contribution in [2.24, 2.45) is 5.10 Å². The number of urea groups is 1. The van der Waals surface area contributed by atoms with Crippen molar-refractivity contribution in [3.8, 4) is 5.69 Å². The van der Waals surface area contributed by atoms with Crippen LogP contribution in [0.3, 0.4) is 0 Å². The van der Waals surface area contributed by atoms with Crippen molar-refractivity contribution >= 4 is 17.9 Å². The number of carbonyl (C=O) groups is 1. The number of aromatic nitrogens is 1. The number of benzene rings is 2. The molecule has 120 valence electrons. The lowest BCUT2D eigenvalue weighted by Crippen LogP contribution is -2.24. The SMILES string of the molecule is O=C(N/N=C/c1cccn1-c1ccccc1)Nc1ccc(F)cc1. The molecule has 0 atom stereocenters. The zero-order valence-corrected chi connectivity index (χ0v) is 12.7. The maximum absolute atomic E-state index is 12.8. The molecule has 0 aliphatic rings. The molecule has 0 bridgehead atoms. The van der Waals surface area contributed by atoms with Gasteiger partial charge in [-0.05, 0) is 48.5 Å². The standard InChI is InChI=1S/C18H15FN4O/c19-14-8-10-15(11-9-14)21-18(24)22-20-13-17-7-4-12-23(17)16-5-2-1-3-6-16/h1-13H,(H2,21,22,24)/b20-13+. The third kappa shape index (κ3) is 3.86. The third-order valence-corrected chi connectivity index (χ3v) is 3.28. The average Bonchev–Trinajstić information content (AvgIpc) is 3.06. The molecule has 2 N–H and O–H groups in total. The van der Waals surface area contributed by atoms with Crippen LogP contribution >= 0.6 is 0 Å². The molecule has 3 aromatic rings. The number of hydrogen-bond acceptors (Lipinski definition) is 2. The third-order valence-electron chi connectivity index (χ3n) is 3.28. The predicted octanol–water partition coefficient (Wildman–Crippen LogP) is 3.77. The Morgan fingerprint density at radius 2 is 1.75 bits per heavy atom. The van der Waals surface area contributed by atoms with Crippen molar-refractivity contribution in [1.29, 1.82) is 0 Å². The Kier molecular flexibility index (Phi) is 4.67. The topological polar surface area (TPSA) is 58.4 Å². The van der Waals surface area contributed by atoms with Crippen LogP contribution in [-0.2, 0) is 0 Å². The molecule has 0 fully saturated rings. The fourth-order valence-corrected chi connectivity index (χ4v) is 2.17. The van der Waals surface area contributed by atoms with Crippen molar-refractivity contribution in [2.75, 3.05) is 5.32 Å². The zero-order chi connectivity index (χ0) is 16.8. The highest BCUT2D eigenvalue weighted by atomic mass is 19.1. The summed E-state index contributed by atoms with van der Waals surface area (Å²) >= 11 is 0. The smallest absolute Gasteiger partial charge is 0.316 e. The van der Waals surface area contributed by atoms with Gasteiger partial charge in [-0.15, -0.1) is 0 Å². The maximum Gasteiger partial charge on any atom is 0.339 e. The lowest BCUT2D eigenvalue weighted by Gasteiger charge is -2.06. The van der Waals surface area contributed by atoms with Crippen molar-refractivity contribution in [3.63, 3.8) is 0 Å². The van der Waals surface area contributed by atoms with Gasteiger partial charge in [0.1, 0.15) is 5.82 Å². The largest absolute Gasteiger partial charge is 0.339 e. The number of amides is 2. The molecule has 2 aromatic carbocycles. The summed E-state index contributed by atoms with van der Waals surface area (Å²) in [5, 5.41) is 6.49. The summed E-state index contributed by atoms with van der Waals surface area (Å²) in [5.74, 6) is -0.361. The summed E-state index contributed by atoms with van der Waals surface area (Å²) in [7, 11) is 0. The van der Waals surface area contributed by atoms with E-state index in [-0.39, 0.29) is 5.82 Å². The second-order valence-corrected chi connectivity index (χ2v) is 4.97. The van der Waals surface area contributed by atoms with Crippen molar-refractivity contribution in [1.82, 2.24) is 9.99 Å². The summed E-state index contributed by atoms with van der Waals surface area (Å²) in [5.41, 5.74) is 4.68. The van der Waals surface area contributed by atoms with Crippen LogP contribution in [0.15, 0.2) is 78.0 Å². The first-order chi connectivity index (χ1) is 11.7. The van der Waals surface area contributed by atoms with Crippen LogP contribution in [0.2, 0.25) is 0 Å². The minimum absolute atomic E-state index is 0.361. The summed E-state index contributed by atoms with van der Waals surface area (Å²) < 4.78 is 14.8. The van der Waals surface area contributed by atoms with Crippen LogP contribution in [0.25, 0.3) is 5.69 Å². The fourth-order valence-electron chi connectivity index (χ4n) is 2.17. The van der Waals surface area contributed by atoms with Crippen LogP contribution in [0, 0.1) is 5.82 Å². The number of para-hydroxylation sites is 1. The van der Waals surface area contributed by atoms with Crippen LogP contribution in [0.4, 0.5) is 14.9 Å². The lowest BCUT2D eigenvalue weighted by molar-refractivity contribution is 0.252. The zero-order valence-electron chi connectivity index (χ0n) is 12.7. The Balaban J connectivity index is 1.62. The van der Waals surface area contributed by atoms with Crippen LogP contribution in [0.1, 0.15) is 5.69 Å². The number of anilines is 1. The molecule has 1 heterocycles. The number of rotatable bonds is 4. The van der Waals surface area contributed by atoms with E-state index in [1.807, 2.05) is 53.2 Å². The molecule has 2 amide bonds. The van der Waals surface area contributed by atoms with Crippen molar-refractivity contribution in [2.45, 2.75) is 0 Å². The van der Waals surface area contributed by atoms with Gasteiger partial charge in [0.2, 0.25) is 0 Å². The Hall–Kier alpha value is -3.41. The molecular weight excluding hydrogens is 307 g/mol. The Labute approximate surface area is 138 Å². The summed E-state index contributed by atoms with van der Waals surface area (Å²) in [6.45, 7) is 0. The first kappa shape index (κ1) is 15.5. The van der Waals surface area contributed by atoms with Gasteiger partial charge in [-0.1, -0.05) is 18.2 Å². The molecule has 0 aliphatic carbocycles. The first-order valence-electron chi connectivity index (χ1n) is 7.31. The highest BCUT2D eigenvalue weighted by Crippen LogP contribution is 2.11. The Morgan fingerprint density at radius 3 is 2.50 bits per heavy atom. The molecular formula is C18H15FN4O. The summed E-state index contributed by atoms with van der Waals surface area (Å²) in [4.78, 5) is 11.7. The molecule has 0 saturated carbocycles. The van der Waals surface area contributed by atoms with E-state index < -0.39 is 6.03 Å². The number of nitrogens with zero attached hydrogens (tertiary/aromatic N) is 2. The number of hydrogen-bond donors (Lipinski definition) is 2. The van der Waals surface area contributed by atoms with Crippen LogP contribution in [0.5, 0.6) is 0 Å². The molecule has 0 radical (unpaired) electrons. The van der Waals surface area contributed by atoms with Crippen LogP contribution in [-0.4, -0.2) is 16.8 Å². The monoisotopic (exact) mass is 322 g/mol. The average molecular weight is 322 g/mol. The van der Waals surface area contributed by atoms with E-state index in [9.17, 15) is 9.18 Å². The minimum atomic E-state index is -0.504. The first-order valence-corrected chi connectivity index (χ1v) is 7.31. The van der Waals surface area contributed by atoms with E-state index in [2.05, 4.69) is 15.8 Å². The number of carbonyl (C=O) groups excluding carboxylic acids is 1. The Bertz CT molecular complexity index is 841. The van der Waals surface area contributed by atoms with Crippen molar-refractivity contribution < 1.29 is 9.18 Å². The van der Waals surface area contributed by atoms with Gasteiger partial charge in [-0.2, -0.15) is 5.10 Å². The van der Waals surface area contributed by atoms with Crippen LogP contribution < -0.4 is 10.7 Å². The minimum Gasteiger partial charge on any atom is -0.316 e. The van der Waals surface area contributed by atoms with Gasteiger partial charge in [-0.25, -0.2) is 14.6 Å². The van der Waals surface area contributed by atoms with Gasteiger partial charge in [0.25, 0.3) is 0 Å².